The van der Waals surface area contributed by atoms with Gasteiger partial charge in [0, 0.05) is 5.69 Å². The van der Waals surface area contributed by atoms with Crippen LogP contribution in [0.3, 0.4) is 0 Å². The molecule has 2 aromatic carbocycles. The summed E-state index contributed by atoms with van der Waals surface area (Å²) in [6, 6.07) is 14.2. The van der Waals surface area contributed by atoms with Crippen molar-refractivity contribution < 1.29 is 23.8 Å². The average Bonchev–Trinajstić information content (AvgIpc) is 2.73. The Labute approximate surface area is 175 Å². The van der Waals surface area contributed by atoms with Gasteiger partial charge in [0.1, 0.15) is 11.6 Å². The van der Waals surface area contributed by atoms with Crippen molar-refractivity contribution in [2.75, 3.05) is 25.1 Å². The molecule has 156 valence electrons. The van der Waals surface area contributed by atoms with Crippen LogP contribution in [-0.2, 0) is 14.3 Å². The van der Waals surface area contributed by atoms with Crippen LogP contribution in [0.2, 0.25) is 0 Å². The number of nitriles is 1. The molecule has 0 bridgehead atoms. The summed E-state index contributed by atoms with van der Waals surface area (Å²) in [5, 5.41) is 12.2. The van der Waals surface area contributed by atoms with Crippen molar-refractivity contribution >= 4 is 23.6 Å². The molecule has 0 fully saturated rings. The van der Waals surface area contributed by atoms with Gasteiger partial charge in [-0.25, -0.2) is 4.79 Å². The first-order valence-corrected chi connectivity index (χ1v) is 9.52. The second kappa shape index (κ2) is 11.3. The third-order valence-electron chi connectivity index (χ3n) is 3.99. The Morgan fingerprint density at radius 1 is 1.07 bits per heavy atom. The zero-order chi connectivity index (χ0) is 21.9. The Balaban J connectivity index is 2.21. The molecule has 0 aromatic heterocycles. The predicted molar refractivity (Wildman–Crippen MR) is 113 cm³/mol. The number of aryl methyl sites for hydroxylation is 1. The highest BCUT2D eigenvalue weighted by Gasteiger charge is 2.13. The number of ether oxygens (including phenoxy) is 3. The lowest BCUT2D eigenvalue weighted by atomic mass is 10.1. The molecule has 0 aliphatic rings. The molecule has 0 spiro atoms. The molecule has 0 unspecified atom stereocenters. The Morgan fingerprint density at radius 3 is 2.50 bits per heavy atom. The van der Waals surface area contributed by atoms with Gasteiger partial charge < -0.3 is 19.5 Å². The lowest BCUT2D eigenvalue weighted by Gasteiger charge is -2.12. The van der Waals surface area contributed by atoms with Crippen molar-refractivity contribution in [3.05, 3.63) is 59.2 Å². The van der Waals surface area contributed by atoms with Crippen molar-refractivity contribution in [1.82, 2.24) is 0 Å². The average molecular weight is 408 g/mol. The minimum absolute atomic E-state index is 0.0547. The zero-order valence-electron chi connectivity index (χ0n) is 17.2. The molecule has 7 nitrogen and oxygen atoms in total. The monoisotopic (exact) mass is 408 g/mol. The van der Waals surface area contributed by atoms with Crippen molar-refractivity contribution in [2.24, 2.45) is 0 Å². The van der Waals surface area contributed by atoms with Crippen molar-refractivity contribution in [2.45, 2.75) is 20.8 Å². The molecule has 0 radical (unpaired) electrons. The maximum Gasteiger partial charge on any atom is 0.344 e. The van der Waals surface area contributed by atoms with E-state index in [1.165, 1.54) is 6.08 Å². The fourth-order valence-corrected chi connectivity index (χ4v) is 2.56. The molecule has 0 atom stereocenters. The standard InChI is InChI=1S/C23H24N2O5/c1-4-28-21-13-17(10-11-20(21)30-15-22(26)29-5-2)12-18(14-24)23(27)25-19-9-7-6-8-16(19)3/h6-13H,4-5,15H2,1-3H3,(H,25,27)/b18-12-. The highest BCUT2D eigenvalue weighted by Crippen LogP contribution is 2.29. The number of hydrogen-bond donors (Lipinski definition) is 1. The SMILES string of the molecule is CCOC(=O)COc1ccc(/C=C(/C#N)C(=O)Nc2ccccc2C)cc1OCC. The van der Waals surface area contributed by atoms with Gasteiger partial charge in [-0.3, -0.25) is 4.79 Å². The molecule has 30 heavy (non-hydrogen) atoms. The van der Waals surface area contributed by atoms with E-state index in [2.05, 4.69) is 5.32 Å². The first-order valence-electron chi connectivity index (χ1n) is 9.52. The Kier molecular flexibility index (Phi) is 8.45. The number of anilines is 1. The van der Waals surface area contributed by atoms with Gasteiger partial charge in [0.2, 0.25) is 0 Å². The second-order valence-corrected chi connectivity index (χ2v) is 6.17. The van der Waals surface area contributed by atoms with Crippen LogP contribution in [0.15, 0.2) is 48.0 Å². The lowest BCUT2D eigenvalue weighted by molar-refractivity contribution is -0.145. The lowest BCUT2D eigenvalue weighted by Crippen LogP contribution is -2.15. The Morgan fingerprint density at radius 2 is 1.83 bits per heavy atom. The summed E-state index contributed by atoms with van der Waals surface area (Å²) in [6.07, 6.45) is 1.46. The van der Waals surface area contributed by atoms with Gasteiger partial charge >= 0.3 is 5.97 Å². The first-order chi connectivity index (χ1) is 14.5. The number of esters is 1. The number of amides is 1. The van der Waals surface area contributed by atoms with E-state index in [0.717, 1.165) is 5.56 Å². The van der Waals surface area contributed by atoms with Crippen LogP contribution in [-0.4, -0.2) is 31.7 Å². The Bertz CT molecular complexity index is 976. The van der Waals surface area contributed by atoms with Crippen LogP contribution in [0.4, 0.5) is 5.69 Å². The minimum Gasteiger partial charge on any atom is -0.490 e. The van der Waals surface area contributed by atoms with Gasteiger partial charge in [-0.1, -0.05) is 24.3 Å². The molecule has 0 aliphatic carbocycles. The summed E-state index contributed by atoms with van der Waals surface area (Å²) in [6.45, 7) is 5.80. The van der Waals surface area contributed by atoms with Gasteiger partial charge in [0.05, 0.1) is 13.2 Å². The molecule has 7 heteroatoms. The number of carbonyl (C=O) groups is 2. The number of hydrogen-bond acceptors (Lipinski definition) is 6. The predicted octanol–water partition coefficient (Wildman–Crippen LogP) is 3.88. The third kappa shape index (κ3) is 6.38. The quantitative estimate of drug-likeness (QED) is 0.384. The molecule has 0 saturated heterocycles. The summed E-state index contributed by atoms with van der Waals surface area (Å²) in [4.78, 5) is 24.0. The largest absolute Gasteiger partial charge is 0.490 e. The maximum atomic E-state index is 12.5. The summed E-state index contributed by atoms with van der Waals surface area (Å²) in [5.41, 5.74) is 2.06. The highest BCUT2D eigenvalue weighted by atomic mass is 16.6. The minimum atomic E-state index is -0.507. The van der Waals surface area contributed by atoms with Gasteiger partial charge in [-0.05, 0) is 56.2 Å². The van der Waals surface area contributed by atoms with E-state index < -0.39 is 11.9 Å². The summed E-state index contributed by atoms with van der Waals surface area (Å²) in [5.74, 6) is -0.229. The molecule has 2 aromatic rings. The fraction of sp³-hybridized carbons (Fsp3) is 0.261. The first kappa shape index (κ1) is 22.5. The third-order valence-corrected chi connectivity index (χ3v) is 3.99. The highest BCUT2D eigenvalue weighted by molar-refractivity contribution is 6.10. The number of carbonyl (C=O) groups excluding carboxylic acids is 2. The van der Waals surface area contributed by atoms with Crippen LogP contribution in [0.1, 0.15) is 25.0 Å². The van der Waals surface area contributed by atoms with Gasteiger partial charge in [-0.15, -0.1) is 0 Å². The maximum absolute atomic E-state index is 12.5. The number of rotatable bonds is 9. The van der Waals surface area contributed by atoms with E-state index in [1.54, 1.807) is 31.2 Å². The van der Waals surface area contributed by atoms with Crippen LogP contribution in [0, 0.1) is 18.3 Å². The molecule has 2 rings (SSSR count). The second-order valence-electron chi connectivity index (χ2n) is 6.17. The molecular weight excluding hydrogens is 384 g/mol. The van der Waals surface area contributed by atoms with E-state index >= 15 is 0 Å². The number of benzene rings is 2. The van der Waals surface area contributed by atoms with Gasteiger partial charge in [-0.2, -0.15) is 5.26 Å². The molecule has 1 N–H and O–H groups in total. The molecule has 0 heterocycles. The van der Waals surface area contributed by atoms with E-state index in [-0.39, 0.29) is 18.8 Å². The van der Waals surface area contributed by atoms with Crippen LogP contribution < -0.4 is 14.8 Å². The molecule has 0 aliphatic heterocycles. The Hall–Kier alpha value is -3.79. The van der Waals surface area contributed by atoms with Crippen molar-refractivity contribution in [3.63, 3.8) is 0 Å². The van der Waals surface area contributed by atoms with Crippen LogP contribution >= 0.6 is 0 Å². The van der Waals surface area contributed by atoms with Gasteiger partial charge in [0.25, 0.3) is 5.91 Å². The van der Waals surface area contributed by atoms with Crippen LogP contribution in [0.5, 0.6) is 11.5 Å². The van der Waals surface area contributed by atoms with Crippen LogP contribution in [0.25, 0.3) is 6.08 Å². The molecule has 0 saturated carbocycles. The smallest absolute Gasteiger partial charge is 0.344 e. The zero-order valence-corrected chi connectivity index (χ0v) is 17.2. The summed E-state index contributed by atoms with van der Waals surface area (Å²) in [7, 11) is 0. The molecule has 1 amide bonds. The number of para-hydroxylation sites is 1. The summed E-state index contributed by atoms with van der Waals surface area (Å²) >= 11 is 0. The number of nitrogens with zero attached hydrogens (tertiary/aromatic N) is 1. The van der Waals surface area contributed by atoms with E-state index in [1.807, 2.05) is 38.1 Å². The normalized spacial score (nSPS) is 10.7. The van der Waals surface area contributed by atoms with E-state index in [0.29, 0.717) is 29.4 Å². The van der Waals surface area contributed by atoms with Crippen molar-refractivity contribution in [1.29, 1.82) is 5.26 Å². The molecular formula is C23H24N2O5. The van der Waals surface area contributed by atoms with Crippen molar-refractivity contribution in [3.8, 4) is 17.6 Å². The fourth-order valence-electron chi connectivity index (χ4n) is 2.56. The van der Waals surface area contributed by atoms with Gasteiger partial charge in [0.15, 0.2) is 18.1 Å². The van der Waals surface area contributed by atoms with E-state index in [9.17, 15) is 14.9 Å². The topological polar surface area (TPSA) is 97.7 Å². The summed E-state index contributed by atoms with van der Waals surface area (Å²) < 4.78 is 15.9. The number of nitrogens with one attached hydrogen (secondary N) is 1. The van der Waals surface area contributed by atoms with E-state index in [4.69, 9.17) is 14.2 Å².